The number of nitrogens with one attached hydrogen (secondary N) is 1. The third kappa shape index (κ3) is 3.18. The average molecular weight is 215 g/mol. The fraction of sp³-hybridized carbons (Fsp3) is 0.909. The normalized spacial score (nSPS) is 21.7. The van der Waals surface area contributed by atoms with E-state index < -0.39 is 11.7 Å². The van der Waals surface area contributed by atoms with Crippen LogP contribution in [0.1, 0.15) is 39.5 Å². The van der Waals surface area contributed by atoms with Gasteiger partial charge in [-0.1, -0.05) is 13.8 Å². The Hall–Kier alpha value is -0.610. The number of aliphatic hydroxyl groups excluding tert-OH is 1. The molecule has 0 spiro atoms. The summed E-state index contributed by atoms with van der Waals surface area (Å²) in [5, 5.41) is 22.0. The number of amides is 1. The maximum absolute atomic E-state index is 11.6. The summed E-state index contributed by atoms with van der Waals surface area (Å²) >= 11 is 0. The van der Waals surface area contributed by atoms with Crippen LogP contribution in [-0.4, -0.2) is 34.4 Å². The fourth-order valence-electron chi connectivity index (χ4n) is 1.78. The lowest BCUT2D eigenvalue weighted by Crippen LogP contribution is -2.47. The van der Waals surface area contributed by atoms with Crippen molar-refractivity contribution in [2.75, 3.05) is 6.54 Å². The maximum atomic E-state index is 11.6. The van der Waals surface area contributed by atoms with Crippen LogP contribution in [0.2, 0.25) is 0 Å². The lowest BCUT2D eigenvalue weighted by Gasteiger charge is -2.23. The highest BCUT2D eigenvalue weighted by Crippen LogP contribution is 2.29. The van der Waals surface area contributed by atoms with Crippen LogP contribution in [0.5, 0.6) is 0 Å². The van der Waals surface area contributed by atoms with Crippen molar-refractivity contribution < 1.29 is 15.0 Å². The second kappa shape index (κ2) is 4.94. The van der Waals surface area contributed by atoms with Gasteiger partial charge in [-0.3, -0.25) is 4.79 Å². The summed E-state index contributed by atoms with van der Waals surface area (Å²) in [7, 11) is 0. The van der Waals surface area contributed by atoms with Crippen LogP contribution >= 0.6 is 0 Å². The smallest absolute Gasteiger partial charge is 0.252 e. The number of carbonyl (C=O) groups excluding carboxylic acids is 1. The Kier molecular flexibility index (Phi) is 4.11. The third-order valence-electron chi connectivity index (χ3n) is 3.09. The van der Waals surface area contributed by atoms with Crippen molar-refractivity contribution in [1.82, 2.24) is 5.32 Å². The van der Waals surface area contributed by atoms with E-state index in [4.69, 9.17) is 0 Å². The lowest BCUT2D eigenvalue weighted by atomic mass is 10.0. The van der Waals surface area contributed by atoms with Crippen molar-refractivity contribution in [2.45, 2.75) is 51.2 Å². The lowest BCUT2D eigenvalue weighted by molar-refractivity contribution is -0.139. The molecule has 1 amide bonds. The molecule has 1 unspecified atom stereocenters. The third-order valence-corrected chi connectivity index (χ3v) is 3.09. The molecular weight excluding hydrogens is 194 g/mol. The molecule has 1 aliphatic rings. The minimum Gasteiger partial charge on any atom is -0.391 e. The second-order valence-electron chi connectivity index (χ2n) is 4.76. The first-order chi connectivity index (χ1) is 6.96. The molecule has 0 aromatic heterocycles. The van der Waals surface area contributed by atoms with Gasteiger partial charge in [-0.05, 0) is 31.6 Å². The highest BCUT2D eigenvalue weighted by atomic mass is 16.3. The van der Waals surface area contributed by atoms with Gasteiger partial charge in [-0.2, -0.15) is 0 Å². The zero-order valence-corrected chi connectivity index (χ0v) is 9.49. The summed E-state index contributed by atoms with van der Waals surface area (Å²) in [6.45, 7) is 4.00. The molecule has 0 aromatic rings. The molecule has 0 aliphatic heterocycles. The Morgan fingerprint density at radius 2 is 1.93 bits per heavy atom. The first-order valence-electron chi connectivity index (χ1n) is 5.64. The van der Waals surface area contributed by atoms with Crippen LogP contribution in [0.15, 0.2) is 0 Å². The van der Waals surface area contributed by atoms with Crippen LogP contribution in [0, 0.1) is 5.92 Å². The predicted molar refractivity (Wildman–Crippen MR) is 57.3 cm³/mol. The van der Waals surface area contributed by atoms with E-state index >= 15 is 0 Å². The molecule has 4 nitrogen and oxygen atoms in total. The van der Waals surface area contributed by atoms with E-state index in [-0.39, 0.29) is 18.4 Å². The summed E-state index contributed by atoms with van der Waals surface area (Å²) in [5.41, 5.74) is -1.18. The molecule has 1 atom stereocenters. The van der Waals surface area contributed by atoms with Crippen molar-refractivity contribution in [3.8, 4) is 0 Å². The van der Waals surface area contributed by atoms with Gasteiger partial charge in [0.1, 0.15) is 5.60 Å². The van der Waals surface area contributed by atoms with Gasteiger partial charge in [0.05, 0.1) is 6.10 Å². The Bertz CT molecular complexity index is 222. The Morgan fingerprint density at radius 3 is 2.40 bits per heavy atom. The SMILES string of the molecule is CC(C)C(O)CNC(=O)C1(O)CCCC1. The number of hydrogen-bond acceptors (Lipinski definition) is 3. The first-order valence-corrected chi connectivity index (χ1v) is 5.64. The van der Waals surface area contributed by atoms with Gasteiger partial charge in [0, 0.05) is 6.54 Å². The summed E-state index contributed by atoms with van der Waals surface area (Å²) in [6, 6.07) is 0. The van der Waals surface area contributed by atoms with Gasteiger partial charge in [0.25, 0.3) is 5.91 Å². The van der Waals surface area contributed by atoms with E-state index in [1.54, 1.807) is 0 Å². The molecule has 0 saturated heterocycles. The Labute approximate surface area is 90.7 Å². The van der Waals surface area contributed by atoms with Crippen molar-refractivity contribution in [3.05, 3.63) is 0 Å². The molecular formula is C11H21NO3. The molecule has 3 N–H and O–H groups in total. The molecule has 0 bridgehead atoms. The van der Waals surface area contributed by atoms with Gasteiger partial charge in [0.2, 0.25) is 0 Å². The molecule has 0 aromatic carbocycles. The van der Waals surface area contributed by atoms with Gasteiger partial charge in [0.15, 0.2) is 0 Å². The number of aliphatic hydroxyl groups is 2. The van der Waals surface area contributed by atoms with Crippen LogP contribution in [-0.2, 0) is 4.79 Å². The van der Waals surface area contributed by atoms with Gasteiger partial charge in [-0.25, -0.2) is 0 Å². The van der Waals surface area contributed by atoms with E-state index in [9.17, 15) is 15.0 Å². The number of rotatable bonds is 4. The summed E-state index contributed by atoms with van der Waals surface area (Å²) < 4.78 is 0. The number of hydrogen-bond donors (Lipinski definition) is 3. The van der Waals surface area contributed by atoms with Gasteiger partial charge < -0.3 is 15.5 Å². The van der Waals surface area contributed by atoms with Crippen LogP contribution in [0.25, 0.3) is 0 Å². The Balaban J connectivity index is 2.35. The monoisotopic (exact) mass is 215 g/mol. The second-order valence-corrected chi connectivity index (χ2v) is 4.76. The summed E-state index contributed by atoms with van der Waals surface area (Å²) in [5.74, 6) is -0.219. The summed E-state index contributed by atoms with van der Waals surface area (Å²) in [4.78, 5) is 11.6. The molecule has 1 aliphatic carbocycles. The fourth-order valence-corrected chi connectivity index (χ4v) is 1.78. The molecule has 88 valence electrons. The van der Waals surface area contributed by atoms with Crippen LogP contribution in [0.3, 0.4) is 0 Å². The molecule has 1 fully saturated rings. The van der Waals surface area contributed by atoms with Crippen LogP contribution in [0.4, 0.5) is 0 Å². The van der Waals surface area contributed by atoms with Gasteiger partial charge >= 0.3 is 0 Å². The van der Waals surface area contributed by atoms with Crippen molar-refractivity contribution in [2.24, 2.45) is 5.92 Å². The largest absolute Gasteiger partial charge is 0.391 e. The topological polar surface area (TPSA) is 69.6 Å². The van der Waals surface area contributed by atoms with Gasteiger partial charge in [-0.15, -0.1) is 0 Å². The first kappa shape index (κ1) is 12.5. The van der Waals surface area contributed by atoms with Crippen LogP contribution < -0.4 is 5.32 Å². The van der Waals surface area contributed by atoms with E-state index in [1.165, 1.54) is 0 Å². The van der Waals surface area contributed by atoms with Crippen molar-refractivity contribution in [3.63, 3.8) is 0 Å². The molecule has 1 rings (SSSR count). The summed E-state index contributed by atoms with van der Waals surface area (Å²) in [6.07, 6.45) is 2.33. The average Bonchev–Trinajstić information content (AvgIpc) is 2.62. The van der Waals surface area contributed by atoms with Crippen molar-refractivity contribution >= 4 is 5.91 Å². The maximum Gasteiger partial charge on any atom is 0.252 e. The quantitative estimate of drug-likeness (QED) is 0.636. The van der Waals surface area contributed by atoms with E-state index in [2.05, 4.69) is 5.32 Å². The van der Waals surface area contributed by atoms with E-state index in [0.717, 1.165) is 12.8 Å². The minimum atomic E-state index is -1.18. The molecule has 1 saturated carbocycles. The Morgan fingerprint density at radius 1 is 1.40 bits per heavy atom. The molecule has 4 heteroatoms. The predicted octanol–water partition coefficient (Wildman–Crippen LogP) is 0.425. The highest BCUT2D eigenvalue weighted by molar-refractivity contribution is 5.85. The minimum absolute atomic E-state index is 0.114. The molecule has 0 radical (unpaired) electrons. The highest BCUT2D eigenvalue weighted by Gasteiger charge is 2.38. The van der Waals surface area contributed by atoms with E-state index in [1.807, 2.05) is 13.8 Å². The molecule has 0 heterocycles. The standard InChI is InChI=1S/C11H21NO3/c1-8(2)9(13)7-12-10(14)11(15)5-3-4-6-11/h8-9,13,15H,3-7H2,1-2H3,(H,12,14). The van der Waals surface area contributed by atoms with E-state index in [0.29, 0.717) is 12.8 Å². The molecule has 15 heavy (non-hydrogen) atoms. The zero-order chi connectivity index (χ0) is 11.5. The van der Waals surface area contributed by atoms with Crippen molar-refractivity contribution in [1.29, 1.82) is 0 Å². The zero-order valence-electron chi connectivity index (χ0n) is 9.49. The number of carbonyl (C=O) groups is 1.